The van der Waals surface area contributed by atoms with E-state index >= 15 is 0 Å². The molecule has 0 spiro atoms. The zero-order chi connectivity index (χ0) is 14.0. The average molecular weight is 299 g/mol. The van der Waals surface area contributed by atoms with Gasteiger partial charge in [0.25, 0.3) is 0 Å². The molecule has 0 saturated carbocycles. The fourth-order valence-electron chi connectivity index (χ4n) is 2.01. The van der Waals surface area contributed by atoms with Crippen molar-refractivity contribution in [3.8, 4) is 0 Å². The molecule has 102 valence electrons. The Labute approximate surface area is 122 Å². The molecule has 2 rings (SSSR count). The van der Waals surface area contributed by atoms with Crippen LogP contribution in [0.15, 0.2) is 12.1 Å². The number of halogens is 1. The Balaban J connectivity index is 2.05. The van der Waals surface area contributed by atoms with Crippen LogP contribution in [0.4, 0.5) is 5.69 Å². The molecule has 1 atom stereocenters. The van der Waals surface area contributed by atoms with Gasteiger partial charge in [0, 0.05) is 6.42 Å². The van der Waals surface area contributed by atoms with E-state index in [9.17, 15) is 4.79 Å². The molecule has 19 heavy (non-hydrogen) atoms. The lowest BCUT2D eigenvalue weighted by atomic mass is 10.1. The zero-order valence-corrected chi connectivity index (χ0v) is 12.3. The molecule has 0 radical (unpaired) electrons. The van der Waals surface area contributed by atoms with Crippen LogP contribution in [-0.2, 0) is 9.53 Å². The SMILES string of the molecule is Cc1cc(C)c(NC(=S)N[C@H]2CCOC2=O)c(Cl)c1. The maximum absolute atomic E-state index is 11.3. The Morgan fingerprint density at radius 3 is 2.79 bits per heavy atom. The summed E-state index contributed by atoms with van der Waals surface area (Å²) in [7, 11) is 0. The topological polar surface area (TPSA) is 50.4 Å². The van der Waals surface area contributed by atoms with Gasteiger partial charge < -0.3 is 15.4 Å². The second-order valence-electron chi connectivity index (χ2n) is 4.55. The molecule has 1 aromatic rings. The molecule has 0 unspecified atom stereocenters. The van der Waals surface area contributed by atoms with Gasteiger partial charge in [0.2, 0.25) is 0 Å². The summed E-state index contributed by atoms with van der Waals surface area (Å²) in [6.45, 7) is 4.37. The van der Waals surface area contributed by atoms with E-state index in [2.05, 4.69) is 10.6 Å². The summed E-state index contributed by atoms with van der Waals surface area (Å²) in [5, 5.41) is 6.95. The third-order valence-corrected chi connectivity index (χ3v) is 3.43. The number of nitrogens with one attached hydrogen (secondary N) is 2. The molecule has 0 aromatic heterocycles. The van der Waals surface area contributed by atoms with Crippen LogP contribution < -0.4 is 10.6 Å². The predicted octanol–water partition coefficient (Wildman–Crippen LogP) is 2.56. The zero-order valence-electron chi connectivity index (χ0n) is 10.7. The molecule has 1 aliphatic heterocycles. The second-order valence-corrected chi connectivity index (χ2v) is 5.36. The third-order valence-electron chi connectivity index (χ3n) is 2.91. The van der Waals surface area contributed by atoms with Gasteiger partial charge in [0.1, 0.15) is 6.04 Å². The minimum atomic E-state index is -0.371. The summed E-state index contributed by atoms with van der Waals surface area (Å²) >= 11 is 11.4. The third kappa shape index (κ3) is 3.36. The average Bonchev–Trinajstić information content (AvgIpc) is 2.69. The number of anilines is 1. The van der Waals surface area contributed by atoms with Gasteiger partial charge in [-0.05, 0) is 43.3 Å². The number of thiocarbonyl (C=S) groups is 1. The van der Waals surface area contributed by atoms with Crippen molar-refractivity contribution < 1.29 is 9.53 Å². The summed E-state index contributed by atoms with van der Waals surface area (Å²) in [4.78, 5) is 11.3. The van der Waals surface area contributed by atoms with E-state index in [-0.39, 0.29) is 12.0 Å². The predicted molar refractivity (Wildman–Crippen MR) is 79.6 cm³/mol. The standard InChI is InChI=1S/C13H15ClN2O2S/c1-7-5-8(2)11(9(14)6-7)16-13(19)15-10-3-4-18-12(10)17/h5-6,10H,3-4H2,1-2H3,(H2,15,16,19)/t10-/m0/s1. The van der Waals surface area contributed by atoms with Crippen molar-refractivity contribution in [2.45, 2.75) is 26.3 Å². The van der Waals surface area contributed by atoms with E-state index in [1.807, 2.05) is 26.0 Å². The molecule has 1 fully saturated rings. The Hall–Kier alpha value is -1.33. The van der Waals surface area contributed by atoms with Crippen molar-refractivity contribution in [1.29, 1.82) is 0 Å². The Kier molecular flexibility index (Phi) is 4.27. The van der Waals surface area contributed by atoms with Crippen LogP contribution in [0.5, 0.6) is 0 Å². The lowest BCUT2D eigenvalue weighted by molar-refractivity contribution is -0.139. The summed E-state index contributed by atoms with van der Waals surface area (Å²) < 4.78 is 4.86. The molecule has 1 saturated heterocycles. The van der Waals surface area contributed by atoms with E-state index < -0.39 is 0 Å². The highest BCUT2D eigenvalue weighted by atomic mass is 35.5. The van der Waals surface area contributed by atoms with Crippen LogP contribution in [0.2, 0.25) is 5.02 Å². The van der Waals surface area contributed by atoms with Crippen LogP contribution in [0, 0.1) is 13.8 Å². The normalized spacial score (nSPS) is 18.1. The fourth-order valence-corrected chi connectivity index (χ4v) is 2.62. The van der Waals surface area contributed by atoms with Gasteiger partial charge in [-0.2, -0.15) is 0 Å². The van der Waals surface area contributed by atoms with Crippen LogP contribution in [0.25, 0.3) is 0 Å². The molecule has 1 aromatic carbocycles. The lowest BCUT2D eigenvalue weighted by Crippen LogP contribution is -2.40. The highest BCUT2D eigenvalue weighted by molar-refractivity contribution is 7.80. The number of esters is 1. The molecule has 1 aliphatic rings. The minimum Gasteiger partial charge on any atom is -0.464 e. The van der Waals surface area contributed by atoms with E-state index in [4.69, 9.17) is 28.6 Å². The van der Waals surface area contributed by atoms with E-state index in [0.717, 1.165) is 16.8 Å². The van der Waals surface area contributed by atoms with Crippen LogP contribution in [0.3, 0.4) is 0 Å². The first-order chi connectivity index (χ1) is 8.97. The summed E-state index contributed by atoms with van der Waals surface area (Å²) in [6, 6.07) is 3.51. The van der Waals surface area contributed by atoms with Crippen molar-refractivity contribution >= 4 is 40.6 Å². The van der Waals surface area contributed by atoms with Crippen molar-refractivity contribution in [2.24, 2.45) is 0 Å². The molecular weight excluding hydrogens is 284 g/mol. The van der Waals surface area contributed by atoms with Gasteiger partial charge in [-0.3, -0.25) is 0 Å². The number of aryl methyl sites for hydroxylation is 2. The van der Waals surface area contributed by atoms with Gasteiger partial charge in [-0.1, -0.05) is 17.7 Å². The first-order valence-electron chi connectivity index (χ1n) is 5.98. The highest BCUT2D eigenvalue weighted by Gasteiger charge is 2.27. The molecule has 6 heteroatoms. The molecule has 4 nitrogen and oxygen atoms in total. The van der Waals surface area contributed by atoms with Crippen LogP contribution in [-0.4, -0.2) is 23.7 Å². The first kappa shape index (κ1) is 14.1. The van der Waals surface area contributed by atoms with Crippen molar-refractivity contribution in [1.82, 2.24) is 5.32 Å². The summed E-state index contributed by atoms with van der Waals surface area (Å²) in [5.74, 6) is -0.268. The Morgan fingerprint density at radius 1 is 1.47 bits per heavy atom. The van der Waals surface area contributed by atoms with E-state index in [0.29, 0.717) is 23.2 Å². The van der Waals surface area contributed by atoms with Gasteiger partial charge in [-0.15, -0.1) is 0 Å². The largest absolute Gasteiger partial charge is 0.464 e. The molecule has 1 heterocycles. The fraction of sp³-hybridized carbons (Fsp3) is 0.385. The van der Waals surface area contributed by atoms with Gasteiger partial charge >= 0.3 is 5.97 Å². The maximum atomic E-state index is 11.3. The van der Waals surface area contributed by atoms with Crippen LogP contribution in [0.1, 0.15) is 17.5 Å². The number of carbonyl (C=O) groups is 1. The summed E-state index contributed by atoms with van der Waals surface area (Å²) in [5.41, 5.74) is 2.85. The lowest BCUT2D eigenvalue weighted by Gasteiger charge is -2.16. The quantitative estimate of drug-likeness (QED) is 0.649. The molecule has 2 N–H and O–H groups in total. The first-order valence-corrected chi connectivity index (χ1v) is 6.77. The number of hydrogen-bond donors (Lipinski definition) is 2. The summed E-state index contributed by atoms with van der Waals surface area (Å²) in [6.07, 6.45) is 0.626. The van der Waals surface area contributed by atoms with Crippen molar-refractivity contribution in [3.63, 3.8) is 0 Å². The number of cyclic esters (lactones) is 1. The molecule has 0 amide bonds. The van der Waals surface area contributed by atoms with Crippen LogP contribution >= 0.6 is 23.8 Å². The van der Waals surface area contributed by atoms with Crippen molar-refractivity contribution in [3.05, 3.63) is 28.3 Å². The Morgan fingerprint density at radius 2 is 2.21 bits per heavy atom. The van der Waals surface area contributed by atoms with E-state index in [1.54, 1.807) is 0 Å². The number of ether oxygens (including phenoxy) is 1. The van der Waals surface area contributed by atoms with Gasteiger partial charge in [-0.25, -0.2) is 4.79 Å². The molecule has 0 aliphatic carbocycles. The smallest absolute Gasteiger partial charge is 0.328 e. The van der Waals surface area contributed by atoms with Gasteiger partial charge in [0.15, 0.2) is 5.11 Å². The van der Waals surface area contributed by atoms with Crippen molar-refractivity contribution in [2.75, 3.05) is 11.9 Å². The molecule has 0 bridgehead atoms. The Bertz CT molecular complexity index is 510. The van der Waals surface area contributed by atoms with E-state index in [1.165, 1.54) is 0 Å². The number of rotatable bonds is 2. The minimum absolute atomic E-state index is 0.268. The number of benzene rings is 1. The monoisotopic (exact) mass is 298 g/mol. The molecular formula is C13H15ClN2O2S. The highest BCUT2D eigenvalue weighted by Crippen LogP contribution is 2.27. The van der Waals surface area contributed by atoms with Gasteiger partial charge in [0.05, 0.1) is 17.3 Å². The second kappa shape index (κ2) is 5.75. The maximum Gasteiger partial charge on any atom is 0.328 e. The number of carbonyl (C=O) groups excluding carboxylic acids is 1. The number of hydrogen-bond acceptors (Lipinski definition) is 3.